The number of imidazole rings is 1. The molecule has 0 aliphatic carbocycles. The maximum atomic E-state index is 12.5. The van der Waals surface area contributed by atoms with Crippen LogP contribution in [0.3, 0.4) is 0 Å². The average Bonchev–Trinajstić information content (AvgIpc) is 3.27. The fraction of sp³-hybridized carbons (Fsp3) is 0.533. The van der Waals surface area contributed by atoms with Crippen molar-refractivity contribution in [1.29, 1.82) is 0 Å². The lowest BCUT2D eigenvalue weighted by Crippen LogP contribution is -2.41. The molecule has 7 nitrogen and oxygen atoms in total. The Morgan fingerprint density at radius 1 is 1.41 bits per heavy atom. The van der Waals surface area contributed by atoms with Gasteiger partial charge < -0.3 is 14.2 Å². The van der Waals surface area contributed by atoms with Crippen LogP contribution in [-0.4, -0.2) is 49.9 Å². The number of rotatable bonds is 3. The van der Waals surface area contributed by atoms with E-state index < -0.39 is 0 Å². The van der Waals surface area contributed by atoms with E-state index in [9.17, 15) is 4.79 Å². The molecule has 0 spiro atoms. The van der Waals surface area contributed by atoms with Crippen LogP contribution in [0.2, 0.25) is 0 Å². The number of carbonyl (C=O) groups is 1. The van der Waals surface area contributed by atoms with E-state index in [-0.39, 0.29) is 11.8 Å². The predicted molar refractivity (Wildman–Crippen MR) is 77.9 cm³/mol. The summed E-state index contributed by atoms with van der Waals surface area (Å²) in [6.45, 7) is 4.08. The van der Waals surface area contributed by atoms with Gasteiger partial charge in [-0.25, -0.2) is 4.98 Å². The minimum atomic E-state index is 0.0325. The number of hydrogen-bond acceptors (Lipinski definition) is 4. The van der Waals surface area contributed by atoms with Crippen LogP contribution in [0.25, 0.3) is 0 Å². The Hall–Kier alpha value is -2.15. The third-order valence-corrected chi connectivity index (χ3v) is 4.33. The van der Waals surface area contributed by atoms with Crippen molar-refractivity contribution in [3.8, 4) is 0 Å². The van der Waals surface area contributed by atoms with E-state index in [1.54, 1.807) is 6.20 Å². The van der Waals surface area contributed by atoms with Gasteiger partial charge in [0.1, 0.15) is 5.82 Å². The number of nitrogens with zero attached hydrogens (tertiary/aromatic N) is 5. The molecule has 4 rings (SSSR count). The van der Waals surface area contributed by atoms with Crippen LogP contribution in [0, 0.1) is 5.92 Å². The summed E-state index contributed by atoms with van der Waals surface area (Å²) in [7, 11) is 0. The zero-order valence-electron chi connectivity index (χ0n) is 12.4. The quantitative estimate of drug-likeness (QED) is 0.828. The zero-order chi connectivity index (χ0) is 14.9. The van der Waals surface area contributed by atoms with Gasteiger partial charge in [0.2, 0.25) is 5.91 Å². The molecule has 1 atom stereocenters. The molecule has 1 unspecified atom stereocenters. The van der Waals surface area contributed by atoms with Crippen LogP contribution in [-0.2, 0) is 29.2 Å². The van der Waals surface area contributed by atoms with E-state index in [4.69, 9.17) is 4.74 Å². The molecular formula is C15H19N5O2. The maximum absolute atomic E-state index is 12.5. The summed E-state index contributed by atoms with van der Waals surface area (Å²) in [5, 5.41) is 4.20. The van der Waals surface area contributed by atoms with E-state index in [1.807, 2.05) is 21.8 Å². The van der Waals surface area contributed by atoms with Crippen LogP contribution in [0.5, 0.6) is 0 Å². The molecule has 116 valence electrons. The molecule has 1 fully saturated rings. The second-order valence-corrected chi connectivity index (χ2v) is 5.87. The first-order valence-electron chi connectivity index (χ1n) is 7.68. The zero-order valence-corrected chi connectivity index (χ0v) is 12.4. The fourth-order valence-corrected chi connectivity index (χ4v) is 3.12. The van der Waals surface area contributed by atoms with Gasteiger partial charge in [0.25, 0.3) is 0 Å². The highest BCUT2D eigenvalue weighted by Crippen LogP contribution is 2.20. The maximum Gasteiger partial charge on any atom is 0.228 e. The Labute approximate surface area is 128 Å². The van der Waals surface area contributed by atoms with Gasteiger partial charge in [-0.1, -0.05) is 0 Å². The first-order valence-corrected chi connectivity index (χ1v) is 7.68. The molecule has 1 saturated heterocycles. The molecule has 7 heteroatoms. The molecule has 2 aliphatic heterocycles. The van der Waals surface area contributed by atoms with E-state index in [0.29, 0.717) is 26.3 Å². The molecule has 0 saturated carbocycles. The smallest absolute Gasteiger partial charge is 0.228 e. The topological polar surface area (TPSA) is 65.2 Å². The van der Waals surface area contributed by atoms with E-state index in [1.165, 1.54) is 0 Å². The predicted octanol–water partition coefficient (Wildman–Crippen LogP) is 0.507. The van der Waals surface area contributed by atoms with Gasteiger partial charge in [-0.05, 0) is 12.5 Å². The monoisotopic (exact) mass is 301 g/mol. The summed E-state index contributed by atoms with van der Waals surface area (Å²) in [4.78, 5) is 19.0. The molecule has 0 bridgehead atoms. The van der Waals surface area contributed by atoms with Gasteiger partial charge >= 0.3 is 0 Å². The Bertz CT molecular complexity index is 658. The van der Waals surface area contributed by atoms with Gasteiger partial charge in [-0.3, -0.25) is 9.48 Å². The normalized spacial score (nSPS) is 21.1. The molecule has 2 aromatic rings. The van der Waals surface area contributed by atoms with Gasteiger partial charge in [-0.15, -0.1) is 0 Å². The largest absolute Gasteiger partial charge is 0.381 e. The lowest BCUT2D eigenvalue weighted by molar-refractivity contribution is -0.137. The van der Waals surface area contributed by atoms with Crippen molar-refractivity contribution >= 4 is 5.91 Å². The molecule has 2 aromatic heterocycles. The van der Waals surface area contributed by atoms with E-state index in [2.05, 4.69) is 20.8 Å². The minimum absolute atomic E-state index is 0.0325. The fourth-order valence-electron chi connectivity index (χ4n) is 3.12. The lowest BCUT2D eigenvalue weighted by atomic mass is 10.1. The van der Waals surface area contributed by atoms with Gasteiger partial charge in [0.05, 0.1) is 31.3 Å². The lowest BCUT2D eigenvalue weighted by Gasteiger charge is -2.29. The summed E-state index contributed by atoms with van der Waals surface area (Å²) < 4.78 is 9.32. The second-order valence-electron chi connectivity index (χ2n) is 5.87. The number of ether oxygens (including phenoxy) is 1. The molecule has 22 heavy (non-hydrogen) atoms. The first kappa shape index (κ1) is 13.5. The van der Waals surface area contributed by atoms with Crippen LogP contribution in [0.1, 0.15) is 17.9 Å². The highest BCUT2D eigenvalue weighted by atomic mass is 16.5. The highest BCUT2D eigenvalue weighted by Gasteiger charge is 2.30. The number of aromatic nitrogens is 4. The Balaban J connectivity index is 1.46. The summed E-state index contributed by atoms with van der Waals surface area (Å²) in [5.41, 5.74) is 0.984. The second kappa shape index (κ2) is 5.57. The van der Waals surface area contributed by atoms with Gasteiger partial charge in [0, 0.05) is 38.3 Å². The average molecular weight is 301 g/mol. The van der Waals surface area contributed by atoms with Crippen molar-refractivity contribution in [2.75, 3.05) is 19.8 Å². The van der Waals surface area contributed by atoms with Crippen LogP contribution in [0.15, 0.2) is 24.7 Å². The van der Waals surface area contributed by atoms with Crippen molar-refractivity contribution in [3.63, 3.8) is 0 Å². The molecule has 0 N–H and O–H groups in total. The van der Waals surface area contributed by atoms with Crippen LogP contribution in [0.4, 0.5) is 0 Å². The van der Waals surface area contributed by atoms with Crippen molar-refractivity contribution in [2.45, 2.75) is 26.1 Å². The van der Waals surface area contributed by atoms with E-state index in [0.717, 1.165) is 31.0 Å². The minimum Gasteiger partial charge on any atom is -0.381 e. The highest BCUT2D eigenvalue weighted by molar-refractivity contribution is 5.79. The Morgan fingerprint density at radius 3 is 3.14 bits per heavy atom. The van der Waals surface area contributed by atoms with Crippen LogP contribution >= 0.6 is 0 Å². The molecular weight excluding hydrogens is 282 g/mol. The first-order chi connectivity index (χ1) is 10.8. The molecule has 0 aromatic carbocycles. The number of hydrogen-bond donors (Lipinski definition) is 0. The number of carbonyl (C=O) groups excluding carboxylic acids is 1. The van der Waals surface area contributed by atoms with Crippen molar-refractivity contribution in [1.82, 2.24) is 24.2 Å². The molecule has 2 aliphatic rings. The number of amides is 1. The Morgan fingerprint density at radius 2 is 2.36 bits per heavy atom. The third-order valence-electron chi connectivity index (χ3n) is 4.33. The van der Waals surface area contributed by atoms with Crippen molar-refractivity contribution < 1.29 is 9.53 Å². The summed E-state index contributed by atoms with van der Waals surface area (Å²) in [5.74, 6) is 1.20. The SMILES string of the molecule is O=C(C1CCOC1)N1CCn2cc(Cn3cccn3)nc2C1. The van der Waals surface area contributed by atoms with Gasteiger partial charge in [-0.2, -0.15) is 5.10 Å². The standard InChI is InChI=1S/C15H19N5O2/c21-15(12-2-7-22-11-12)19-6-5-18-8-13(17-14(18)10-19)9-20-4-1-3-16-20/h1,3-4,8,12H,2,5-7,9-11H2. The van der Waals surface area contributed by atoms with Crippen LogP contribution < -0.4 is 0 Å². The summed E-state index contributed by atoms with van der Waals surface area (Å²) in [6.07, 6.45) is 6.60. The van der Waals surface area contributed by atoms with Crippen molar-refractivity contribution in [3.05, 3.63) is 36.2 Å². The molecule has 0 radical (unpaired) electrons. The van der Waals surface area contributed by atoms with E-state index >= 15 is 0 Å². The molecule has 4 heterocycles. The summed E-state index contributed by atoms with van der Waals surface area (Å²) in [6, 6.07) is 1.90. The Kier molecular flexibility index (Phi) is 3.42. The summed E-state index contributed by atoms with van der Waals surface area (Å²) >= 11 is 0. The van der Waals surface area contributed by atoms with Crippen molar-refractivity contribution in [2.24, 2.45) is 5.92 Å². The van der Waals surface area contributed by atoms with Gasteiger partial charge in [0.15, 0.2) is 0 Å². The molecule has 1 amide bonds. The third kappa shape index (κ3) is 2.52. The number of fused-ring (bicyclic) bond motifs is 1.